The maximum Gasteiger partial charge on any atom is 0.152 e. The summed E-state index contributed by atoms with van der Waals surface area (Å²) in [5.74, 6) is 1.76. The summed E-state index contributed by atoms with van der Waals surface area (Å²) in [5, 5.41) is 7.23. The fourth-order valence-electron chi connectivity index (χ4n) is 8.02. The molecule has 0 saturated heterocycles. The number of fused-ring (bicyclic) bond motifs is 8. The molecule has 228 valence electrons. The molecule has 0 atom stereocenters. The Balaban J connectivity index is 1.27. The van der Waals surface area contributed by atoms with Gasteiger partial charge in [0.05, 0.1) is 22.7 Å². The predicted octanol–water partition coefficient (Wildman–Crippen LogP) is 12.8. The van der Waals surface area contributed by atoms with Gasteiger partial charge in [-0.25, -0.2) is 0 Å². The Morgan fingerprint density at radius 2 is 1.10 bits per heavy atom. The summed E-state index contributed by atoms with van der Waals surface area (Å²) in [5.41, 5.74) is 9.06. The molecular weight excluding hydrogens is 585 g/mol. The SMILES string of the molecule is CC1(C)c2ccc(N(c3ccc4ccccc4c3)c3cccc4ccccc34)cc2N2c3c(cccc31)Oc1ccc3ccccc3c12. The van der Waals surface area contributed by atoms with Crippen LogP contribution in [0.25, 0.3) is 32.3 Å². The van der Waals surface area contributed by atoms with Gasteiger partial charge in [0.25, 0.3) is 0 Å². The number of para-hydroxylation sites is 1. The van der Waals surface area contributed by atoms with Crippen LogP contribution >= 0.6 is 0 Å². The fraction of sp³-hybridized carbons (Fsp3) is 0.0667. The molecule has 2 aliphatic heterocycles. The fourth-order valence-corrected chi connectivity index (χ4v) is 8.02. The van der Waals surface area contributed by atoms with Crippen LogP contribution in [0.1, 0.15) is 25.0 Å². The van der Waals surface area contributed by atoms with E-state index >= 15 is 0 Å². The van der Waals surface area contributed by atoms with E-state index in [1.54, 1.807) is 0 Å². The van der Waals surface area contributed by atoms with Crippen molar-refractivity contribution >= 4 is 66.4 Å². The summed E-state index contributed by atoms with van der Waals surface area (Å²) >= 11 is 0. The van der Waals surface area contributed by atoms with Gasteiger partial charge in [0.1, 0.15) is 0 Å². The average Bonchev–Trinajstić information content (AvgIpc) is 3.13. The van der Waals surface area contributed by atoms with E-state index in [2.05, 4.69) is 181 Å². The van der Waals surface area contributed by atoms with Crippen molar-refractivity contribution in [1.29, 1.82) is 0 Å². The second-order valence-electron chi connectivity index (χ2n) is 13.4. The largest absolute Gasteiger partial charge is 0.453 e. The van der Waals surface area contributed by atoms with Crippen molar-refractivity contribution < 1.29 is 4.74 Å². The summed E-state index contributed by atoms with van der Waals surface area (Å²) in [6.45, 7) is 4.67. The van der Waals surface area contributed by atoms with Gasteiger partial charge in [0.15, 0.2) is 11.5 Å². The lowest BCUT2D eigenvalue weighted by atomic mass is 9.73. The van der Waals surface area contributed by atoms with Crippen molar-refractivity contribution in [3.63, 3.8) is 0 Å². The van der Waals surface area contributed by atoms with E-state index in [0.29, 0.717) is 0 Å². The molecule has 0 spiro atoms. The molecule has 8 aromatic carbocycles. The summed E-state index contributed by atoms with van der Waals surface area (Å²) in [6.07, 6.45) is 0. The van der Waals surface area contributed by atoms with E-state index in [-0.39, 0.29) is 5.41 Å². The number of anilines is 6. The van der Waals surface area contributed by atoms with Crippen LogP contribution in [0.3, 0.4) is 0 Å². The monoisotopic (exact) mass is 616 g/mol. The molecular formula is C45H32N2O. The van der Waals surface area contributed by atoms with Gasteiger partial charge in [0.2, 0.25) is 0 Å². The molecule has 2 aliphatic rings. The van der Waals surface area contributed by atoms with E-state index in [9.17, 15) is 0 Å². The van der Waals surface area contributed by atoms with Crippen LogP contribution in [0, 0.1) is 0 Å². The van der Waals surface area contributed by atoms with E-state index < -0.39 is 0 Å². The average molecular weight is 617 g/mol. The molecule has 48 heavy (non-hydrogen) atoms. The maximum absolute atomic E-state index is 6.69. The molecule has 0 N–H and O–H groups in total. The molecule has 3 heteroatoms. The quantitative estimate of drug-likeness (QED) is 0.196. The molecule has 2 heterocycles. The Kier molecular flexibility index (Phi) is 5.63. The molecule has 10 rings (SSSR count). The molecule has 0 amide bonds. The van der Waals surface area contributed by atoms with Gasteiger partial charge in [-0.05, 0) is 75.1 Å². The summed E-state index contributed by atoms with van der Waals surface area (Å²) in [6, 6.07) is 57.1. The van der Waals surface area contributed by atoms with E-state index in [1.807, 2.05) is 0 Å². The number of hydrogen-bond donors (Lipinski definition) is 0. The zero-order valence-corrected chi connectivity index (χ0v) is 26.8. The zero-order chi connectivity index (χ0) is 32.0. The van der Waals surface area contributed by atoms with Crippen molar-refractivity contribution in [2.75, 3.05) is 9.80 Å². The third kappa shape index (κ3) is 3.82. The molecule has 0 saturated carbocycles. The minimum absolute atomic E-state index is 0.242. The zero-order valence-electron chi connectivity index (χ0n) is 26.8. The molecule has 0 radical (unpaired) electrons. The van der Waals surface area contributed by atoms with E-state index in [4.69, 9.17) is 4.74 Å². The number of ether oxygens (including phenoxy) is 1. The van der Waals surface area contributed by atoms with Crippen LogP contribution in [0.15, 0.2) is 158 Å². The highest BCUT2D eigenvalue weighted by Crippen LogP contribution is 2.61. The van der Waals surface area contributed by atoms with Gasteiger partial charge >= 0.3 is 0 Å². The van der Waals surface area contributed by atoms with Crippen LogP contribution in [-0.2, 0) is 5.41 Å². The Labute approximate surface area is 279 Å². The molecule has 0 aromatic heterocycles. The van der Waals surface area contributed by atoms with Crippen molar-refractivity contribution in [2.24, 2.45) is 0 Å². The van der Waals surface area contributed by atoms with Crippen molar-refractivity contribution in [1.82, 2.24) is 0 Å². The lowest BCUT2D eigenvalue weighted by molar-refractivity contribution is 0.472. The standard InChI is InChI=1S/C45H32N2O/c1-45(2)37-25-24-34(46(33-23-21-29-11-3-4-14-32(29)27-33)39-19-9-15-30-12-5-7-16-35(30)39)28-40(37)47-43-36-17-8-6-13-31(36)22-26-42(43)48-41-20-10-18-38(45)44(41)47/h3-28H,1-2H3. The van der Waals surface area contributed by atoms with Crippen LogP contribution < -0.4 is 14.5 Å². The Morgan fingerprint density at radius 1 is 0.479 bits per heavy atom. The Morgan fingerprint density at radius 3 is 1.96 bits per heavy atom. The van der Waals surface area contributed by atoms with Gasteiger partial charge in [0, 0.05) is 27.6 Å². The number of hydrogen-bond acceptors (Lipinski definition) is 3. The Hall–Kier alpha value is -6.06. The minimum Gasteiger partial charge on any atom is -0.453 e. The van der Waals surface area contributed by atoms with Crippen molar-refractivity contribution in [2.45, 2.75) is 19.3 Å². The molecule has 3 nitrogen and oxygen atoms in total. The lowest BCUT2D eigenvalue weighted by Crippen LogP contribution is -2.32. The van der Waals surface area contributed by atoms with Crippen LogP contribution in [0.5, 0.6) is 11.5 Å². The van der Waals surface area contributed by atoms with Gasteiger partial charge < -0.3 is 14.5 Å². The first kappa shape index (κ1) is 27.1. The van der Waals surface area contributed by atoms with Gasteiger partial charge in [-0.3, -0.25) is 0 Å². The highest BCUT2D eigenvalue weighted by molar-refractivity contribution is 6.07. The third-order valence-electron chi connectivity index (χ3n) is 10.4. The summed E-state index contributed by atoms with van der Waals surface area (Å²) in [7, 11) is 0. The van der Waals surface area contributed by atoms with Gasteiger partial charge in [-0.2, -0.15) is 0 Å². The van der Waals surface area contributed by atoms with Crippen LogP contribution in [-0.4, -0.2) is 0 Å². The first-order valence-electron chi connectivity index (χ1n) is 16.6. The van der Waals surface area contributed by atoms with Crippen molar-refractivity contribution in [3.05, 3.63) is 169 Å². The number of nitrogens with zero attached hydrogens (tertiary/aromatic N) is 2. The first-order chi connectivity index (χ1) is 23.6. The Bertz CT molecular complexity index is 2600. The van der Waals surface area contributed by atoms with E-state index in [0.717, 1.165) is 39.9 Å². The summed E-state index contributed by atoms with van der Waals surface area (Å²) in [4.78, 5) is 4.89. The molecule has 8 aromatic rings. The maximum atomic E-state index is 6.69. The number of benzene rings is 8. The van der Waals surface area contributed by atoms with E-state index in [1.165, 1.54) is 49.1 Å². The molecule has 0 aliphatic carbocycles. The highest BCUT2D eigenvalue weighted by Gasteiger charge is 2.42. The predicted molar refractivity (Wildman–Crippen MR) is 201 cm³/mol. The second kappa shape index (κ2) is 9.97. The van der Waals surface area contributed by atoms with Crippen molar-refractivity contribution in [3.8, 4) is 11.5 Å². The highest BCUT2D eigenvalue weighted by atomic mass is 16.5. The molecule has 0 unspecified atom stereocenters. The normalized spacial score (nSPS) is 13.9. The minimum atomic E-state index is -0.242. The lowest BCUT2D eigenvalue weighted by Gasteiger charge is -2.45. The smallest absolute Gasteiger partial charge is 0.152 e. The second-order valence-corrected chi connectivity index (χ2v) is 13.4. The number of rotatable bonds is 3. The third-order valence-corrected chi connectivity index (χ3v) is 10.4. The first-order valence-corrected chi connectivity index (χ1v) is 16.6. The topological polar surface area (TPSA) is 15.7 Å². The van der Waals surface area contributed by atoms with Gasteiger partial charge in [-0.15, -0.1) is 0 Å². The van der Waals surface area contributed by atoms with Gasteiger partial charge in [-0.1, -0.05) is 129 Å². The molecule has 0 fully saturated rings. The molecule has 0 bridgehead atoms. The van der Waals surface area contributed by atoms with Crippen LogP contribution in [0.2, 0.25) is 0 Å². The summed E-state index contributed by atoms with van der Waals surface area (Å²) < 4.78 is 6.69. The van der Waals surface area contributed by atoms with Crippen LogP contribution in [0.4, 0.5) is 34.1 Å².